The summed E-state index contributed by atoms with van der Waals surface area (Å²) in [6.07, 6.45) is 0.873. The number of carbonyl (C=O) groups is 2. The Morgan fingerprint density at radius 2 is 1.93 bits per heavy atom. The standard InChI is InChI=1S/C21H23N3O3/c1-4-15-7-6-8-16(13-15)22-20(25)19-14(3)23-24(21(19)26)17-9-11-18(12-10-17)27-5-2/h6-13,19H,4-5H2,1-3H3,(H,22,25). The van der Waals surface area contributed by atoms with E-state index in [1.165, 1.54) is 5.01 Å². The summed E-state index contributed by atoms with van der Waals surface area (Å²) in [5, 5.41) is 8.40. The second-order valence-corrected chi connectivity index (χ2v) is 6.29. The van der Waals surface area contributed by atoms with Crippen molar-refractivity contribution in [3.63, 3.8) is 0 Å². The number of nitrogens with one attached hydrogen (secondary N) is 1. The first kappa shape index (κ1) is 18.6. The van der Waals surface area contributed by atoms with Crippen LogP contribution >= 0.6 is 0 Å². The lowest BCUT2D eigenvalue weighted by molar-refractivity contribution is -0.127. The van der Waals surface area contributed by atoms with E-state index < -0.39 is 5.92 Å². The van der Waals surface area contributed by atoms with Gasteiger partial charge in [0, 0.05) is 5.69 Å². The topological polar surface area (TPSA) is 71.0 Å². The third-order valence-corrected chi connectivity index (χ3v) is 4.39. The average molecular weight is 365 g/mol. The Morgan fingerprint density at radius 3 is 2.59 bits per heavy atom. The number of hydrogen-bond donors (Lipinski definition) is 1. The highest BCUT2D eigenvalue weighted by Crippen LogP contribution is 2.27. The summed E-state index contributed by atoms with van der Waals surface area (Å²) >= 11 is 0. The molecule has 0 spiro atoms. The molecule has 0 saturated heterocycles. The lowest BCUT2D eigenvalue weighted by Crippen LogP contribution is -2.36. The van der Waals surface area contributed by atoms with Crippen molar-refractivity contribution in [3.8, 4) is 5.75 Å². The van der Waals surface area contributed by atoms with Crippen LogP contribution in [-0.2, 0) is 16.0 Å². The van der Waals surface area contributed by atoms with Crippen LogP contribution in [0.2, 0.25) is 0 Å². The average Bonchev–Trinajstić information content (AvgIpc) is 2.97. The predicted octanol–water partition coefficient (Wildman–Crippen LogP) is 3.63. The number of rotatable bonds is 6. The molecule has 1 aliphatic rings. The highest BCUT2D eigenvalue weighted by Gasteiger charge is 2.39. The van der Waals surface area contributed by atoms with Crippen molar-refractivity contribution in [3.05, 3.63) is 54.1 Å². The van der Waals surface area contributed by atoms with Crippen molar-refractivity contribution in [1.29, 1.82) is 0 Å². The summed E-state index contributed by atoms with van der Waals surface area (Å²) in [5.74, 6) is -0.940. The molecule has 0 aliphatic carbocycles. The number of ether oxygens (including phenoxy) is 1. The van der Waals surface area contributed by atoms with Crippen LogP contribution in [0.4, 0.5) is 11.4 Å². The first-order valence-corrected chi connectivity index (χ1v) is 9.05. The Kier molecular flexibility index (Phi) is 5.54. The van der Waals surface area contributed by atoms with Crippen molar-refractivity contribution in [2.45, 2.75) is 27.2 Å². The van der Waals surface area contributed by atoms with Crippen molar-refractivity contribution in [2.75, 3.05) is 16.9 Å². The van der Waals surface area contributed by atoms with Gasteiger partial charge in [0.15, 0.2) is 5.92 Å². The predicted molar refractivity (Wildman–Crippen MR) is 106 cm³/mol. The molecular weight excluding hydrogens is 342 g/mol. The molecule has 0 saturated carbocycles. The third kappa shape index (κ3) is 4.00. The van der Waals surface area contributed by atoms with E-state index in [0.29, 0.717) is 23.7 Å². The van der Waals surface area contributed by atoms with Crippen LogP contribution in [0.5, 0.6) is 5.75 Å². The molecule has 0 bridgehead atoms. The summed E-state index contributed by atoms with van der Waals surface area (Å²) < 4.78 is 5.41. The zero-order chi connectivity index (χ0) is 19.4. The number of nitrogens with zero attached hydrogens (tertiary/aromatic N) is 2. The molecule has 27 heavy (non-hydrogen) atoms. The van der Waals surface area contributed by atoms with Gasteiger partial charge in [-0.2, -0.15) is 10.1 Å². The van der Waals surface area contributed by atoms with Gasteiger partial charge < -0.3 is 10.1 Å². The van der Waals surface area contributed by atoms with Gasteiger partial charge in [-0.25, -0.2) is 0 Å². The Balaban J connectivity index is 1.74. The van der Waals surface area contributed by atoms with Crippen LogP contribution in [0.25, 0.3) is 0 Å². The molecule has 3 rings (SSSR count). The summed E-state index contributed by atoms with van der Waals surface area (Å²) in [5.41, 5.74) is 2.87. The second-order valence-electron chi connectivity index (χ2n) is 6.29. The van der Waals surface area contributed by atoms with Gasteiger partial charge >= 0.3 is 0 Å². The minimum absolute atomic E-state index is 0.360. The molecular formula is C21H23N3O3. The molecule has 1 N–H and O–H groups in total. The zero-order valence-corrected chi connectivity index (χ0v) is 15.7. The van der Waals surface area contributed by atoms with E-state index in [1.54, 1.807) is 31.2 Å². The molecule has 0 radical (unpaired) electrons. The molecule has 1 heterocycles. The van der Waals surface area contributed by atoms with E-state index in [2.05, 4.69) is 10.4 Å². The SMILES string of the molecule is CCOc1ccc(N2N=C(C)C(C(=O)Nc3cccc(CC)c3)C2=O)cc1. The van der Waals surface area contributed by atoms with Crippen LogP contribution in [0.15, 0.2) is 53.6 Å². The number of benzene rings is 2. The quantitative estimate of drug-likeness (QED) is 0.795. The number of hydrogen-bond acceptors (Lipinski definition) is 4. The van der Waals surface area contributed by atoms with Gasteiger partial charge in [-0.05, 0) is 62.2 Å². The zero-order valence-electron chi connectivity index (χ0n) is 15.7. The molecule has 0 aromatic heterocycles. The van der Waals surface area contributed by atoms with Crippen LogP contribution in [0, 0.1) is 5.92 Å². The van der Waals surface area contributed by atoms with E-state index in [9.17, 15) is 9.59 Å². The molecule has 1 atom stereocenters. The van der Waals surface area contributed by atoms with E-state index >= 15 is 0 Å². The largest absolute Gasteiger partial charge is 0.494 e. The van der Waals surface area contributed by atoms with Gasteiger partial charge in [-0.3, -0.25) is 9.59 Å². The molecule has 2 aromatic carbocycles. The number of aryl methyl sites for hydroxylation is 1. The maximum atomic E-state index is 12.8. The van der Waals surface area contributed by atoms with E-state index in [0.717, 1.165) is 17.7 Å². The van der Waals surface area contributed by atoms with Crippen LogP contribution in [-0.4, -0.2) is 24.1 Å². The summed E-state index contributed by atoms with van der Waals surface area (Å²) in [6.45, 7) is 6.22. The molecule has 1 unspecified atom stereocenters. The maximum Gasteiger partial charge on any atom is 0.265 e. The Labute approximate surface area is 158 Å². The normalized spacial score (nSPS) is 16.3. The van der Waals surface area contributed by atoms with Gasteiger partial charge in [-0.1, -0.05) is 19.1 Å². The second kappa shape index (κ2) is 8.03. The highest BCUT2D eigenvalue weighted by molar-refractivity contribution is 6.28. The third-order valence-electron chi connectivity index (χ3n) is 4.39. The van der Waals surface area contributed by atoms with Gasteiger partial charge in [0.25, 0.3) is 5.91 Å². The van der Waals surface area contributed by atoms with E-state index in [1.807, 2.05) is 38.1 Å². The molecule has 140 valence electrons. The number of carbonyl (C=O) groups excluding carboxylic acids is 2. The number of amides is 2. The Hall–Kier alpha value is -3.15. The van der Waals surface area contributed by atoms with Crippen molar-refractivity contribution in [1.82, 2.24) is 0 Å². The fourth-order valence-corrected chi connectivity index (χ4v) is 2.99. The van der Waals surface area contributed by atoms with Gasteiger partial charge in [-0.15, -0.1) is 0 Å². The first-order valence-electron chi connectivity index (χ1n) is 9.05. The van der Waals surface area contributed by atoms with Gasteiger partial charge in [0.1, 0.15) is 5.75 Å². The molecule has 2 aromatic rings. The summed E-state index contributed by atoms with van der Waals surface area (Å²) in [6, 6.07) is 14.7. The van der Waals surface area contributed by atoms with Crippen LogP contribution < -0.4 is 15.1 Å². The molecule has 1 aliphatic heterocycles. The summed E-state index contributed by atoms with van der Waals surface area (Å²) in [4.78, 5) is 25.5. The number of anilines is 2. The van der Waals surface area contributed by atoms with Crippen molar-refractivity contribution in [2.24, 2.45) is 11.0 Å². The Bertz CT molecular complexity index is 874. The highest BCUT2D eigenvalue weighted by atomic mass is 16.5. The monoisotopic (exact) mass is 365 g/mol. The fourth-order valence-electron chi connectivity index (χ4n) is 2.99. The first-order chi connectivity index (χ1) is 13.0. The van der Waals surface area contributed by atoms with Crippen LogP contribution in [0.3, 0.4) is 0 Å². The minimum Gasteiger partial charge on any atom is -0.494 e. The van der Waals surface area contributed by atoms with E-state index in [4.69, 9.17) is 4.74 Å². The minimum atomic E-state index is -0.929. The van der Waals surface area contributed by atoms with Gasteiger partial charge in [0.2, 0.25) is 5.91 Å². The maximum absolute atomic E-state index is 12.8. The molecule has 2 amide bonds. The van der Waals surface area contributed by atoms with E-state index in [-0.39, 0.29) is 11.8 Å². The lowest BCUT2D eigenvalue weighted by atomic mass is 10.0. The molecule has 6 heteroatoms. The smallest absolute Gasteiger partial charge is 0.265 e. The summed E-state index contributed by atoms with van der Waals surface area (Å²) in [7, 11) is 0. The van der Waals surface area contributed by atoms with Crippen LogP contribution in [0.1, 0.15) is 26.3 Å². The molecule has 6 nitrogen and oxygen atoms in total. The van der Waals surface area contributed by atoms with Crippen molar-refractivity contribution < 1.29 is 14.3 Å². The van der Waals surface area contributed by atoms with Crippen molar-refractivity contribution >= 4 is 28.9 Å². The fraction of sp³-hybridized carbons (Fsp3) is 0.286. The Morgan fingerprint density at radius 1 is 1.19 bits per heavy atom. The molecule has 0 fully saturated rings. The van der Waals surface area contributed by atoms with Gasteiger partial charge in [0.05, 0.1) is 18.0 Å². The number of hydrazone groups is 1. The lowest BCUT2D eigenvalue weighted by Gasteiger charge is -2.15.